The minimum absolute atomic E-state index is 0.0783. The summed E-state index contributed by atoms with van der Waals surface area (Å²) in [6, 6.07) is 11.8. The van der Waals surface area contributed by atoms with E-state index in [1.807, 2.05) is 54.0 Å². The lowest BCUT2D eigenvalue weighted by Crippen LogP contribution is -2.86. The van der Waals surface area contributed by atoms with E-state index in [-0.39, 0.29) is 11.8 Å². The lowest BCUT2D eigenvalue weighted by molar-refractivity contribution is -0.580. The number of aromatic nitrogens is 2. The topological polar surface area (TPSA) is 70.8 Å². The highest BCUT2D eigenvalue weighted by Gasteiger charge is 2.31. The minimum atomic E-state index is -0.172. The van der Waals surface area contributed by atoms with Crippen molar-refractivity contribution < 1.29 is 19.5 Å². The number of Topliss-reactive ketones (excluding diaryl/α,β-unsaturated/α-hetero) is 1. The van der Waals surface area contributed by atoms with E-state index in [0.717, 1.165) is 21.8 Å². The lowest BCUT2D eigenvalue weighted by atomic mass is 10.0. The van der Waals surface area contributed by atoms with Gasteiger partial charge in [-0.1, -0.05) is 30.5 Å². The van der Waals surface area contributed by atoms with Crippen molar-refractivity contribution in [1.82, 2.24) is 9.88 Å². The first-order valence-electron chi connectivity index (χ1n) is 8.84. The van der Waals surface area contributed by atoms with Gasteiger partial charge in [0.2, 0.25) is 0 Å². The summed E-state index contributed by atoms with van der Waals surface area (Å²) in [6.07, 6.45) is 3.51. The maximum atomic E-state index is 13.4. The molecule has 1 aliphatic heterocycles. The molecular weight excluding hydrogens is 372 g/mol. The Morgan fingerprint density at radius 2 is 1.96 bits per heavy atom. The molecule has 7 heteroatoms. The van der Waals surface area contributed by atoms with Crippen LogP contribution in [0.5, 0.6) is 0 Å². The molecule has 1 aromatic carbocycles. The highest BCUT2D eigenvalue weighted by Crippen LogP contribution is 2.24. The monoisotopic (exact) mass is 392 g/mol. The molecular formula is C21H20N4O2S. The molecule has 0 saturated carbocycles. The van der Waals surface area contributed by atoms with E-state index < -0.39 is 0 Å². The fourth-order valence-corrected chi connectivity index (χ4v) is 4.24. The zero-order valence-corrected chi connectivity index (χ0v) is 16.7. The summed E-state index contributed by atoms with van der Waals surface area (Å²) < 4.78 is 1.61. The van der Waals surface area contributed by atoms with Crippen LogP contribution in [0.1, 0.15) is 21.6 Å². The average Bonchev–Trinajstić information content (AvgIpc) is 3.30. The predicted molar refractivity (Wildman–Crippen MR) is 108 cm³/mol. The summed E-state index contributed by atoms with van der Waals surface area (Å²) in [5.41, 5.74) is 2.94. The third kappa shape index (κ3) is 2.94. The molecule has 6 nitrogen and oxygen atoms in total. The minimum Gasteiger partial charge on any atom is -0.371 e. The number of benzene rings is 1. The standard InChI is InChI=1S/C21H20N4O2S/c1-13-18(15-8-4-5-9-17(15)25(13)21(27)24(2)3)19(26)16-12-28-20(23-16)14-7-6-10-22-11-14/h4-12H,23H2,1-3H3. The molecule has 2 N–H and O–H groups in total. The van der Waals surface area contributed by atoms with Crippen LogP contribution in [0.15, 0.2) is 48.8 Å². The maximum Gasteiger partial charge on any atom is 0.429 e. The van der Waals surface area contributed by atoms with Gasteiger partial charge < -0.3 is 15.1 Å². The van der Waals surface area contributed by atoms with Crippen LogP contribution < -0.4 is 9.88 Å². The molecule has 0 fully saturated rings. The lowest BCUT2D eigenvalue weighted by Gasteiger charge is -2.20. The molecule has 0 aliphatic carbocycles. The first-order valence-corrected chi connectivity index (χ1v) is 9.72. The molecule has 0 radical (unpaired) electrons. The Labute approximate surface area is 167 Å². The van der Waals surface area contributed by atoms with Crippen LogP contribution in [0.2, 0.25) is 0 Å². The number of pyridine rings is 1. The summed E-state index contributed by atoms with van der Waals surface area (Å²) in [6.45, 7) is 1.82. The SMILES string of the molecule is C[c-]1c(C(=O)[C-]2C=[S+][C-](c3cccnc3)[NH2+]2)c2ccccc2[n+]1C(=O)N(C)C. The number of hydrogen-bond acceptors (Lipinski definition) is 3. The summed E-state index contributed by atoms with van der Waals surface area (Å²) in [5.74, 6) is -0.0783. The molecule has 1 aliphatic rings. The van der Waals surface area contributed by atoms with Crippen LogP contribution in [-0.2, 0) is 11.4 Å². The van der Waals surface area contributed by atoms with Crippen LogP contribution in [0.4, 0.5) is 4.79 Å². The van der Waals surface area contributed by atoms with Gasteiger partial charge in [-0.15, -0.1) is 17.5 Å². The smallest absolute Gasteiger partial charge is 0.371 e. The number of nitrogens with two attached hydrogens (primary N) is 1. The molecule has 0 atom stereocenters. The van der Waals surface area contributed by atoms with E-state index in [9.17, 15) is 9.59 Å². The molecule has 1 amide bonds. The van der Waals surface area contributed by atoms with Crippen LogP contribution in [0.25, 0.3) is 10.9 Å². The molecule has 2 aromatic heterocycles. The van der Waals surface area contributed by atoms with Gasteiger partial charge in [-0.3, -0.25) is 9.47 Å². The molecule has 0 saturated heterocycles. The summed E-state index contributed by atoms with van der Waals surface area (Å²) in [4.78, 5) is 31.8. The van der Waals surface area contributed by atoms with Crippen molar-refractivity contribution in [2.24, 2.45) is 0 Å². The molecule has 142 valence electrons. The number of fused-ring (bicyclic) bond motifs is 1. The first-order chi connectivity index (χ1) is 13.5. The zero-order chi connectivity index (χ0) is 19.8. The number of carbonyl (C=O) groups excluding carboxylic acids is 2. The van der Waals surface area contributed by atoms with Crippen molar-refractivity contribution in [3.05, 3.63) is 77.0 Å². The number of quaternary nitrogens is 1. The Morgan fingerprint density at radius 1 is 1.18 bits per heavy atom. The number of ketones is 1. The molecule has 4 rings (SSSR count). The summed E-state index contributed by atoms with van der Waals surface area (Å²) in [5, 5.41) is 5.53. The van der Waals surface area contributed by atoms with Gasteiger partial charge in [0.15, 0.2) is 16.7 Å². The largest absolute Gasteiger partial charge is 0.429 e. The van der Waals surface area contributed by atoms with Crippen molar-refractivity contribution in [2.45, 2.75) is 6.92 Å². The molecule has 3 heterocycles. The van der Waals surface area contributed by atoms with Crippen molar-refractivity contribution in [3.63, 3.8) is 0 Å². The second-order valence-corrected chi connectivity index (χ2v) is 7.67. The number of carbonyl (C=O) groups is 2. The fourth-order valence-electron chi connectivity index (χ4n) is 3.36. The maximum absolute atomic E-state index is 13.4. The Morgan fingerprint density at radius 3 is 2.68 bits per heavy atom. The van der Waals surface area contributed by atoms with Crippen LogP contribution in [0, 0.1) is 18.3 Å². The second kappa shape index (κ2) is 7.10. The third-order valence-electron chi connectivity index (χ3n) is 4.72. The average molecular weight is 392 g/mol. The molecule has 0 unspecified atom stereocenters. The molecule has 3 aromatic rings. The quantitative estimate of drug-likeness (QED) is 0.236. The second-order valence-electron chi connectivity index (χ2n) is 6.76. The van der Waals surface area contributed by atoms with Gasteiger partial charge in [0.05, 0.1) is 20.1 Å². The fraction of sp³-hybridized carbons (Fsp3) is 0.143. The number of rotatable bonds is 3. The van der Waals surface area contributed by atoms with E-state index in [1.54, 1.807) is 31.1 Å². The van der Waals surface area contributed by atoms with Gasteiger partial charge in [0.25, 0.3) is 5.37 Å². The van der Waals surface area contributed by atoms with Crippen LogP contribution >= 0.6 is 0 Å². The van der Waals surface area contributed by atoms with Crippen molar-refractivity contribution in [2.75, 3.05) is 14.1 Å². The van der Waals surface area contributed by atoms with E-state index in [4.69, 9.17) is 0 Å². The molecule has 0 bridgehead atoms. The molecule has 28 heavy (non-hydrogen) atoms. The van der Waals surface area contributed by atoms with E-state index in [0.29, 0.717) is 17.3 Å². The van der Waals surface area contributed by atoms with Crippen molar-refractivity contribution in [1.29, 1.82) is 0 Å². The van der Waals surface area contributed by atoms with E-state index in [1.165, 1.54) is 16.3 Å². The Hall–Kier alpha value is -3.16. The van der Waals surface area contributed by atoms with Gasteiger partial charge in [-0.05, 0) is 24.4 Å². The number of amides is 1. The van der Waals surface area contributed by atoms with Crippen LogP contribution in [-0.4, -0.2) is 41.2 Å². The number of nitrogens with zero attached hydrogens (tertiary/aromatic N) is 3. The van der Waals surface area contributed by atoms with E-state index in [2.05, 4.69) is 4.98 Å². The first kappa shape index (κ1) is 18.2. The van der Waals surface area contributed by atoms with Crippen molar-refractivity contribution in [3.8, 4) is 0 Å². The Kier molecular flexibility index (Phi) is 4.62. The van der Waals surface area contributed by atoms with Gasteiger partial charge in [0, 0.05) is 11.3 Å². The highest BCUT2D eigenvalue weighted by atomic mass is 32.1. The van der Waals surface area contributed by atoms with Gasteiger partial charge in [-0.2, -0.15) is 5.56 Å². The summed E-state index contributed by atoms with van der Waals surface area (Å²) in [7, 11) is 3.41. The highest BCUT2D eigenvalue weighted by molar-refractivity contribution is 7.81. The van der Waals surface area contributed by atoms with E-state index >= 15 is 0 Å². The Balaban J connectivity index is 1.72. The van der Waals surface area contributed by atoms with Crippen molar-refractivity contribution >= 4 is 39.4 Å². The number of hydrogen-bond donors (Lipinski definition) is 1. The normalized spacial score (nSPS) is 13.4. The van der Waals surface area contributed by atoms with Gasteiger partial charge in [0.1, 0.15) is 0 Å². The third-order valence-corrected chi connectivity index (χ3v) is 5.70. The molecule has 0 spiro atoms. The predicted octanol–water partition coefficient (Wildman–Crippen LogP) is 0.794. The van der Waals surface area contributed by atoms with Crippen LogP contribution in [0.3, 0.4) is 0 Å². The Bertz CT molecular complexity index is 1090. The van der Waals surface area contributed by atoms with Gasteiger partial charge >= 0.3 is 6.03 Å². The zero-order valence-electron chi connectivity index (χ0n) is 15.8. The number of para-hydroxylation sites is 1. The van der Waals surface area contributed by atoms with Gasteiger partial charge in [-0.25, -0.2) is 4.79 Å². The summed E-state index contributed by atoms with van der Waals surface area (Å²) >= 11 is 1.51.